The van der Waals surface area contributed by atoms with Crippen LogP contribution in [0.5, 0.6) is 0 Å². The first-order chi connectivity index (χ1) is 13.9. The number of hydrogen-bond donors (Lipinski definition) is 1. The summed E-state index contributed by atoms with van der Waals surface area (Å²) in [6.07, 6.45) is 2.05. The molecule has 1 aliphatic heterocycles. The van der Waals surface area contributed by atoms with E-state index in [1.165, 1.54) is 0 Å². The highest BCUT2D eigenvalue weighted by atomic mass is 35.5. The van der Waals surface area contributed by atoms with Gasteiger partial charge in [0, 0.05) is 22.3 Å². The predicted molar refractivity (Wildman–Crippen MR) is 116 cm³/mol. The molecule has 4 heteroatoms. The summed E-state index contributed by atoms with van der Waals surface area (Å²) < 4.78 is 2.11. The molecule has 29 heavy (non-hydrogen) atoms. The first-order valence-corrected chi connectivity index (χ1v) is 10.0. The van der Waals surface area contributed by atoms with E-state index in [1.54, 1.807) is 0 Å². The lowest BCUT2D eigenvalue weighted by Crippen LogP contribution is -2.50. The summed E-state index contributed by atoms with van der Waals surface area (Å²) in [6, 6.07) is 25.6. The van der Waals surface area contributed by atoms with E-state index in [0.717, 1.165) is 33.9 Å². The summed E-state index contributed by atoms with van der Waals surface area (Å²) in [5.74, 6) is 0.826. The summed E-state index contributed by atoms with van der Waals surface area (Å²) in [5, 5.41) is 12.9. The average Bonchev–Trinajstić information content (AvgIpc) is 3.20. The molecular formula is C25H21ClN2O. The van der Waals surface area contributed by atoms with Crippen molar-refractivity contribution in [3.05, 3.63) is 107 Å². The van der Waals surface area contributed by atoms with Crippen molar-refractivity contribution in [2.45, 2.75) is 24.9 Å². The minimum Gasteiger partial charge on any atom is -0.379 e. The number of aliphatic hydroxyl groups is 1. The Kier molecular flexibility index (Phi) is 3.95. The van der Waals surface area contributed by atoms with Crippen LogP contribution in [-0.2, 0) is 11.0 Å². The van der Waals surface area contributed by atoms with Crippen LogP contribution < -0.4 is 0 Å². The molecule has 1 N–H and O–H groups in total. The number of benzene rings is 3. The van der Waals surface area contributed by atoms with Gasteiger partial charge in [-0.05, 0) is 37.6 Å². The predicted octanol–water partition coefficient (Wildman–Crippen LogP) is 5.72. The first kappa shape index (κ1) is 18.2. The summed E-state index contributed by atoms with van der Waals surface area (Å²) in [6.45, 7) is 4.11. The fourth-order valence-electron chi connectivity index (χ4n) is 4.45. The van der Waals surface area contributed by atoms with E-state index in [9.17, 15) is 5.11 Å². The SMILES string of the molecule is CC1(C)c2nc(-c3ccc(Cl)cc3)cn2-c2ccccc2C1(O)c1ccccc1. The zero-order valence-corrected chi connectivity index (χ0v) is 17.1. The average molecular weight is 401 g/mol. The fraction of sp³-hybridized carbons (Fsp3) is 0.160. The number of halogens is 1. The van der Waals surface area contributed by atoms with E-state index in [4.69, 9.17) is 16.6 Å². The molecule has 5 rings (SSSR count). The van der Waals surface area contributed by atoms with Gasteiger partial charge >= 0.3 is 0 Å². The number of aromatic nitrogens is 2. The Hall–Kier alpha value is -2.88. The molecule has 0 spiro atoms. The highest BCUT2D eigenvalue weighted by molar-refractivity contribution is 6.30. The quantitative estimate of drug-likeness (QED) is 0.467. The molecule has 144 valence electrons. The van der Waals surface area contributed by atoms with E-state index in [-0.39, 0.29) is 0 Å². The number of fused-ring (bicyclic) bond motifs is 3. The van der Waals surface area contributed by atoms with Crippen molar-refractivity contribution < 1.29 is 5.11 Å². The molecule has 0 fully saturated rings. The monoisotopic (exact) mass is 400 g/mol. The van der Waals surface area contributed by atoms with Crippen molar-refractivity contribution in [1.29, 1.82) is 0 Å². The largest absolute Gasteiger partial charge is 0.379 e. The molecule has 1 unspecified atom stereocenters. The normalized spacial score (nSPS) is 19.4. The van der Waals surface area contributed by atoms with Gasteiger partial charge in [-0.2, -0.15) is 0 Å². The Morgan fingerprint density at radius 1 is 0.862 bits per heavy atom. The zero-order chi connectivity index (χ0) is 20.2. The van der Waals surface area contributed by atoms with Crippen LogP contribution in [0, 0.1) is 0 Å². The van der Waals surface area contributed by atoms with Crippen LogP contribution in [0.1, 0.15) is 30.8 Å². The molecule has 0 saturated heterocycles. The first-order valence-electron chi connectivity index (χ1n) is 9.66. The van der Waals surface area contributed by atoms with Gasteiger partial charge in [-0.1, -0.05) is 72.3 Å². The second kappa shape index (κ2) is 6.31. The van der Waals surface area contributed by atoms with Gasteiger partial charge in [0.2, 0.25) is 0 Å². The molecule has 1 aromatic heterocycles. The van der Waals surface area contributed by atoms with E-state index in [2.05, 4.69) is 18.4 Å². The second-order valence-electron chi connectivity index (χ2n) is 8.05. The summed E-state index contributed by atoms with van der Waals surface area (Å²) in [7, 11) is 0. The van der Waals surface area contributed by atoms with Crippen LogP contribution in [0.25, 0.3) is 16.9 Å². The van der Waals surface area contributed by atoms with Crippen molar-refractivity contribution in [2.24, 2.45) is 0 Å². The molecule has 0 bridgehead atoms. The Balaban J connectivity index is 1.79. The molecule has 1 atom stereocenters. The van der Waals surface area contributed by atoms with E-state index in [1.807, 2.05) is 85.1 Å². The number of nitrogens with zero attached hydrogens (tertiary/aromatic N) is 2. The van der Waals surface area contributed by atoms with Gasteiger partial charge in [0.15, 0.2) is 0 Å². The topological polar surface area (TPSA) is 38.0 Å². The van der Waals surface area contributed by atoms with Gasteiger partial charge in [0.1, 0.15) is 11.4 Å². The van der Waals surface area contributed by atoms with Crippen LogP contribution in [0.3, 0.4) is 0 Å². The lowest BCUT2D eigenvalue weighted by molar-refractivity contribution is -0.00114. The summed E-state index contributed by atoms with van der Waals surface area (Å²) in [4.78, 5) is 4.98. The van der Waals surface area contributed by atoms with Crippen LogP contribution >= 0.6 is 11.6 Å². The molecule has 0 saturated carbocycles. The third kappa shape index (κ3) is 2.51. The molecule has 2 heterocycles. The third-order valence-electron chi connectivity index (χ3n) is 6.05. The van der Waals surface area contributed by atoms with E-state index in [0.29, 0.717) is 5.02 Å². The van der Waals surface area contributed by atoms with Gasteiger partial charge in [0.25, 0.3) is 0 Å². The van der Waals surface area contributed by atoms with Gasteiger partial charge in [-0.15, -0.1) is 0 Å². The van der Waals surface area contributed by atoms with Crippen molar-refractivity contribution >= 4 is 11.6 Å². The van der Waals surface area contributed by atoms with Gasteiger partial charge < -0.3 is 9.67 Å². The Morgan fingerprint density at radius 3 is 2.24 bits per heavy atom. The summed E-state index contributed by atoms with van der Waals surface area (Å²) >= 11 is 6.06. The second-order valence-corrected chi connectivity index (χ2v) is 8.48. The lowest BCUT2D eigenvalue weighted by Gasteiger charge is -2.47. The standard InChI is InChI=1S/C25H21ClN2O/c1-24(2)23-27-21(17-12-14-19(26)15-13-17)16-28(23)22-11-7-6-10-20(22)25(24,29)18-8-4-3-5-9-18/h3-16,29H,1-2H3. The van der Waals surface area contributed by atoms with Crippen molar-refractivity contribution in [2.75, 3.05) is 0 Å². The Bertz CT molecular complexity index is 1200. The van der Waals surface area contributed by atoms with Crippen LogP contribution in [0.2, 0.25) is 5.02 Å². The van der Waals surface area contributed by atoms with E-state index >= 15 is 0 Å². The Labute approximate surface area is 175 Å². The van der Waals surface area contributed by atoms with Gasteiger partial charge in [-0.3, -0.25) is 0 Å². The number of hydrogen-bond acceptors (Lipinski definition) is 2. The molecule has 0 radical (unpaired) electrons. The van der Waals surface area contributed by atoms with Crippen LogP contribution in [-0.4, -0.2) is 14.7 Å². The van der Waals surface area contributed by atoms with Crippen molar-refractivity contribution in [1.82, 2.24) is 9.55 Å². The maximum absolute atomic E-state index is 12.2. The van der Waals surface area contributed by atoms with Crippen molar-refractivity contribution in [3.63, 3.8) is 0 Å². The number of para-hydroxylation sites is 1. The molecule has 1 aliphatic rings. The fourth-order valence-corrected chi connectivity index (χ4v) is 4.57. The van der Waals surface area contributed by atoms with Crippen LogP contribution in [0.15, 0.2) is 85.1 Å². The van der Waals surface area contributed by atoms with E-state index < -0.39 is 11.0 Å². The molecular weight excluding hydrogens is 380 g/mol. The number of rotatable bonds is 2. The Morgan fingerprint density at radius 2 is 1.52 bits per heavy atom. The highest BCUT2D eigenvalue weighted by Crippen LogP contribution is 2.52. The minimum absolute atomic E-state index is 0.659. The van der Waals surface area contributed by atoms with Crippen LogP contribution in [0.4, 0.5) is 0 Å². The lowest BCUT2D eigenvalue weighted by atomic mass is 9.64. The van der Waals surface area contributed by atoms with Crippen molar-refractivity contribution in [3.8, 4) is 16.9 Å². The molecule has 0 amide bonds. The molecule has 3 nitrogen and oxygen atoms in total. The zero-order valence-electron chi connectivity index (χ0n) is 16.3. The maximum atomic E-state index is 12.2. The summed E-state index contributed by atoms with van der Waals surface area (Å²) in [5.41, 5.74) is 2.67. The highest BCUT2D eigenvalue weighted by Gasteiger charge is 2.54. The smallest absolute Gasteiger partial charge is 0.129 e. The van der Waals surface area contributed by atoms with Gasteiger partial charge in [-0.25, -0.2) is 4.98 Å². The molecule has 0 aliphatic carbocycles. The minimum atomic E-state index is -1.20. The molecule has 3 aromatic carbocycles. The number of imidazole rings is 1. The third-order valence-corrected chi connectivity index (χ3v) is 6.31. The maximum Gasteiger partial charge on any atom is 0.129 e. The molecule has 4 aromatic rings. The van der Waals surface area contributed by atoms with Gasteiger partial charge in [0.05, 0.1) is 16.8 Å².